The number of anilines is 1. The highest BCUT2D eigenvalue weighted by atomic mass is 35.5. The Morgan fingerprint density at radius 1 is 1.28 bits per heavy atom. The largest absolute Gasteiger partial charge is 0.324 e. The molecular weight excluding hydrogens is 363 g/mol. The fourth-order valence-corrected chi connectivity index (χ4v) is 3.00. The van der Waals surface area contributed by atoms with E-state index in [2.05, 4.69) is 20.5 Å². The molecule has 1 aromatic heterocycles. The topological polar surface area (TPSA) is 70.7 Å². The van der Waals surface area contributed by atoms with Crippen LogP contribution < -0.4 is 5.32 Å². The van der Waals surface area contributed by atoms with Crippen molar-refractivity contribution in [3.63, 3.8) is 0 Å². The Balaban J connectivity index is 1.65. The lowest BCUT2D eigenvalue weighted by Crippen LogP contribution is -2.22. The van der Waals surface area contributed by atoms with Crippen LogP contribution in [0.15, 0.2) is 53.7 Å². The van der Waals surface area contributed by atoms with Gasteiger partial charge in [0.05, 0.1) is 16.0 Å². The number of nitrogens with zero attached hydrogens (tertiary/aromatic N) is 2. The standard InChI is InChI=1S/C17H14ClFN4OS/c1-10(16(24)20-14-8-7-12(19)9-13(14)18)25-17-21-15(22-23-17)11-5-3-2-4-6-11/h2-10H,1H3,(H,20,24)(H,21,22,23)/t10-/m1/s1. The van der Waals surface area contributed by atoms with Gasteiger partial charge in [-0.3, -0.25) is 9.89 Å². The van der Waals surface area contributed by atoms with Gasteiger partial charge in [0.25, 0.3) is 0 Å². The second-order valence-electron chi connectivity index (χ2n) is 5.21. The maximum absolute atomic E-state index is 13.1. The van der Waals surface area contributed by atoms with Crippen LogP contribution in [0.1, 0.15) is 6.92 Å². The molecule has 0 aliphatic heterocycles. The fourth-order valence-electron chi connectivity index (χ4n) is 2.06. The van der Waals surface area contributed by atoms with Gasteiger partial charge in [-0.05, 0) is 25.1 Å². The summed E-state index contributed by atoms with van der Waals surface area (Å²) in [4.78, 5) is 16.7. The minimum absolute atomic E-state index is 0.148. The number of benzene rings is 2. The molecule has 0 aliphatic carbocycles. The Morgan fingerprint density at radius 2 is 2.04 bits per heavy atom. The van der Waals surface area contributed by atoms with E-state index < -0.39 is 11.1 Å². The van der Waals surface area contributed by atoms with Crippen LogP contribution in [0.3, 0.4) is 0 Å². The van der Waals surface area contributed by atoms with Gasteiger partial charge in [0.15, 0.2) is 5.82 Å². The van der Waals surface area contributed by atoms with Gasteiger partial charge in [-0.1, -0.05) is 53.7 Å². The number of aromatic nitrogens is 3. The molecular formula is C17H14ClFN4OS. The maximum Gasteiger partial charge on any atom is 0.237 e. The number of thioether (sulfide) groups is 1. The first-order valence-electron chi connectivity index (χ1n) is 7.43. The first-order chi connectivity index (χ1) is 12.0. The Bertz CT molecular complexity index is 887. The molecule has 0 saturated carbocycles. The Morgan fingerprint density at radius 3 is 2.76 bits per heavy atom. The predicted octanol–water partition coefficient (Wildman–Crippen LogP) is 4.38. The highest BCUT2D eigenvalue weighted by Crippen LogP contribution is 2.26. The van der Waals surface area contributed by atoms with E-state index in [0.717, 1.165) is 11.6 Å². The van der Waals surface area contributed by atoms with Crippen LogP contribution in [-0.4, -0.2) is 26.3 Å². The molecule has 0 aliphatic rings. The number of carbonyl (C=O) groups is 1. The number of amides is 1. The molecule has 2 aromatic carbocycles. The summed E-state index contributed by atoms with van der Waals surface area (Å²) in [6, 6.07) is 13.4. The smallest absolute Gasteiger partial charge is 0.237 e. The van der Waals surface area contributed by atoms with Crippen LogP contribution in [0.4, 0.5) is 10.1 Å². The van der Waals surface area contributed by atoms with Gasteiger partial charge >= 0.3 is 0 Å². The zero-order chi connectivity index (χ0) is 17.8. The van der Waals surface area contributed by atoms with Crippen molar-refractivity contribution in [2.24, 2.45) is 0 Å². The summed E-state index contributed by atoms with van der Waals surface area (Å²) in [5, 5.41) is 9.80. The van der Waals surface area contributed by atoms with Gasteiger partial charge in [0.2, 0.25) is 11.1 Å². The number of rotatable bonds is 5. The molecule has 3 aromatic rings. The van der Waals surface area contributed by atoms with Crippen molar-refractivity contribution in [3.05, 3.63) is 59.4 Å². The SMILES string of the molecule is C[C@@H](Sc1n[nH]c(-c2ccccc2)n1)C(=O)Nc1ccc(F)cc1Cl. The average molecular weight is 377 g/mol. The molecule has 8 heteroatoms. The third-order valence-electron chi connectivity index (χ3n) is 3.35. The Hall–Kier alpha value is -2.38. The van der Waals surface area contributed by atoms with E-state index in [-0.39, 0.29) is 10.9 Å². The zero-order valence-corrected chi connectivity index (χ0v) is 14.7. The quantitative estimate of drug-likeness (QED) is 0.648. The van der Waals surface area contributed by atoms with Crippen molar-refractivity contribution in [2.45, 2.75) is 17.3 Å². The van der Waals surface area contributed by atoms with Crippen LogP contribution in [0.25, 0.3) is 11.4 Å². The highest BCUT2D eigenvalue weighted by molar-refractivity contribution is 8.00. The number of aromatic amines is 1. The van der Waals surface area contributed by atoms with Crippen molar-refractivity contribution >= 4 is 35.0 Å². The summed E-state index contributed by atoms with van der Waals surface area (Å²) in [6.45, 7) is 1.73. The number of hydrogen-bond donors (Lipinski definition) is 2. The molecule has 3 rings (SSSR count). The summed E-state index contributed by atoms with van der Waals surface area (Å²) in [5.41, 5.74) is 1.28. The summed E-state index contributed by atoms with van der Waals surface area (Å²) < 4.78 is 13.1. The minimum Gasteiger partial charge on any atom is -0.324 e. The number of hydrogen-bond acceptors (Lipinski definition) is 4. The molecule has 0 fully saturated rings. The lowest BCUT2D eigenvalue weighted by molar-refractivity contribution is -0.115. The molecule has 0 bridgehead atoms. The van der Waals surface area contributed by atoms with Gasteiger partial charge in [-0.2, -0.15) is 0 Å². The van der Waals surface area contributed by atoms with Crippen LogP contribution in [-0.2, 0) is 4.79 Å². The van der Waals surface area contributed by atoms with Crippen LogP contribution in [0.2, 0.25) is 5.02 Å². The zero-order valence-electron chi connectivity index (χ0n) is 13.2. The van der Waals surface area contributed by atoms with Crippen molar-refractivity contribution in [1.82, 2.24) is 15.2 Å². The fraction of sp³-hybridized carbons (Fsp3) is 0.118. The van der Waals surface area contributed by atoms with Crippen LogP contribution in [0.5, 0.6) is 0 Å². The third kappa shape index (κ3) is 4.37. The number of nitrogens with one attached hydrogen (secondary N) is 2. The lowest BCUT2D eigenvalue weighted by Gasteiger charge is -2.11. The second-order valence-corrected chi connectivity index (χ2v) is 6.92. The predicted molar refractivity (Wildman–Crippen MR) is 97.2 cm³/mol. The Labute approximate surface area is 153 Å². The Kier molecular flexibility index (Phi) is 5.35. The van der Waals surface area contributed by atoms with Gasteiger partial charge in [-0.15, -0.1) is 5.10 Å². The van der Waals surface area contributed by atoms with Gasteiger partial charge in [0, 0.05) is 5.56 Å². The summed E-state index contributed by atoms with van der Waals surface area (Å²) >= 11 is 7.13. The van der Waals surface area contributed by atoms with Crippen LogP contribution in [0, 0.1) is 5.82 Å². The molecule has 2 N–H and O–H groups in total. The number of carbonyl (C=O) groups excluding carboxylic acids is 1. The molecule has 1 heterocycles. The average Bonchev–Trinajstić information content (AvgIpc) is 3.06. The molecule has 0 saturated heterocycles. The van der Waals surface area contributed by atoms with Gasteiger partial charge in [-0.25, -0.2) is 9.37 Å². The van der Waals surface area contributed by atoms with E-state index in [0.29, 0.717) is 16.7 Å². The molecule has 128 valence electrons. The van der Waals surface area contributed by atoms with Crippen molar-refractivity contribution in [2.75, 3.05) is 5.32 Å². The molecule has 0 radical (unpaired) electrons. The van der Waals surface area contributed by atoms with Crippen LogP contribution >= 0.6 is 23.4 Å². The van der Waals surface area contributed by atoms with E-state index in [1.807, 2.05) is 30.3 Å². The van der Waals surface area contributed by atoms with E-state index >= 15 is 0 Å². The number of halogens is 2. The first-order valence-corrected chi connectivity index (χ1v) is 8.69. The summed E-state index contributed by atoms with van der Waals surface area (Å²) in [6.07, 6.45) is 0. The van der Waals surface area contributed by atoms with Crippen molar-refractivity contribution in [1.29, 1.82) is 0 Å². The normalized spacial score (nSPS) is 12.0. The van der Waals surface area contributed by atoms with E-state index in [4.69, 9.17) is 11.6 Å². The van der Waals surface area contributed by atoms with Crippen molar-refractivity contribution in [3.8, 4) is 11.4 Å². The highest BCUT2D eigenvalue weighted by Gasteiger charge is 2.18. The summed E-state index contributed by atoms with van der Waals surface area (Å²) in [5.74, 6) is -0.0959. The van der Waals surface area contributed by atoms with Gasteiger partial charge in [0.1, 0.15) is 5.82 Å². The molecule has 0 spiro atoms. The maximum atomic E-state index is 13.1. The molecule has 1 atom stereocenters. The van der Waals surface area contributed by atoms with E-state index in [9.17, 15) is 9.18 Å². The van der Waals surface area contributed by atoms with E-state index in [1.165, 1.54) is 23.9 Å². The molecule has 25 heavy (non-hydrogen) atoms. The molecule has 0 unspecified atom stereocenters. The third-order valence-corrected chi connectivity index (χ3v) is 4.63. The summed E-state index contributed by atoms with van der Waals surface area (Å²) in [7, 11) is 0. The lowest BCUT2D eigenvalue weighted by atomic mass is 10.2. The second kappa shape index (κ2) is 7.67. The first kappa shape index (κ1) is 17.4. The number of H-pyrrole nitrogens is 1. The minimum atomic E-state index is -0.459. The van der Waals surface area contributed by atoms with E-state index in [1.54, 1.807) is 6.92 Å². The van der Waals surface area contributed by atoms with Gasteiger partial charge < -0.3 is 5.32 Å². The molecule has 1 amide bonds. The molecule has 5 nitrogen and oxygen atoms in total. The monoisotopic (exact) mass is 376 g/mol. The van der Waals surface area contributed by atoms with Crippen molar-refractivity contribution < 1.29 is 9.18 Å².